The van der Waals surface area contributed by atoms with Crippen LogP contribution in [0.4, 0.5) is 0 Å². The third-order valence-electron chi connectivity index (χ3n) is 10.8. The van der Waals surface area contributed by atoms with Gasteiger partial charge in [0, 0.05) is 6.42 Å². The second-order valence-electron chi connectivity index (χ2n) is 16.6. The lowest BCUT2D eigenvalue weighted by Gasteiger charge is -2.24. The highest BCUT2D eigenvalue weighted by molar-refractivity contribution is 5.77. The molecule has 0 aromatic heterocycles. The van der Waals surface area contributed by atoms with Gasteiger partial charge in [-0.25, -0.2) is 0 Å². The first-order chi connectivity index (χ1) is 29.5. The minimum absolute atomic E-state index is 0.0484. The standard InChI is InChI=1S/C54H93NO5/c1-4-7-10-13-16-19-21-23-25-26-28-29-31-34-36-39-42-45-50(48-53(58)55-51(49-56)52(57)46-43-40-37-33-18-15-12-9-6-3)60-54(59)47-44-41-38-35-32-30-27-24-22-20-17-14-11-8-5-2/h8,11,14,16-17,19-20,22-25,27-29,50-52,56-57H,4-7,9-10,12-13,15,18,21,26,30-49H2,1-3H3,(H,55,58)/b11-8+,17-14+,19-16-,22-20+,25-23-,27-24-,29-28-. The summed E-state index contributed by atoms with van der Waals surface area (Å²) in [6, 6.07) is -0.717. The third-order valence-corrected chi connectivity index (χ3v) is 10.8. The number of hydrogen-bond acceptors (Lipinski definition) is 5. The second kappa shape index (κ2) is 47.1. The Morgan fingerprint density at radius 2 is 0.967 bits per heavy atom. The van der Waals surface area contributed by atoms with Crippen LogP contribution < -0.4 is 5.32 Å². The molecule has 0 saturated heterocycles. The predicted octanol–water partition coefficient (Wildman–Crippen LogP) is 14.8. The van der Waals surface area contributed by atoms with Crippen LogP contribution in [0.15, 0.2) is 85.1 Å². The molecule has 6 nitrogen and oxygen atoms in total. The maximum absolute atomic E-state index is 13.2. The number of aliphatic hydroxyl groups is 2. The van der Waals surface area contributed by atoms with Crippen molar-refractivity contribution < 1.29 is 24.5 Å². The van der Waals surface area contributed by atoms with Crippen molar-refractivity contribution in [2.75, 3.05) is 6.61 Å². The summed E-state index contributed by atoms with van der Waals surface area (Å²) in [7, 11) is 0. The van der Waals surface area contributed by atoms with Crippen molar-refractivity contribution in [2.45, 2.75) is 238 Å². The van der Waals surface area contributed by atoms with E-state index in [1.165, 1.54) is 64.2 Å². The summed E-state index contributed by atoms with van der Waals surface area (Å²) in [4.78, 5) is 26.1. The van der Waals surface area contributed by atoms with Crippen LogP contribution in [0, 0.1) is 0 Å². The minimum atomic E-state index is -0.801. The number of allylic oxidation sites excluding steroid dienone is 14. The zero-order valence-electron chi connectivity index (χ0n) is 39.1. The van der Waals surface area contributed by atoms with E-state index in [1.54, 1.807) is 0 Å². The smallest absolute Gasteiger partial charge is 0.306 e. The van der Waals surface area contributed by atoms with Crippen molar-refractivity contribution in [1.29, 1.82) is 0 Å². The molecule has 60 heavy (non-hydrogen) atoms. The van der Waals surface area contributed by atoms with Crippen LogP contribution in [0.1, 0.15) is 220 Å². The molecule has 0 heterocycles. The van der Waals surface area contributed by atoms with E-state index in [-0.39, 0.29) is 24.9 Å². The van der Waals surface area contributed by atoms with Crippen molar-refractivity contribution in [3.63, 3.8) is 0 Å². The fourth-order valence-electron chi connectivity index (χ4n) is 7.03. The molecule has 3 N–H and O–H groups in total. The second-order valence-corrected chi connectivity index (χ2v) is 16.6. The SMILES string of the molecule is CC/C=C/C=C/C=C/C=C\CCCCCCCC(=O)OC(CCCCCC/C=C\C/C=C\C/C=C\CCCCC)CC(=O)NC(CO)C(O)CCCCCCCCCCC. The molecule has 0 aromatic carbocycles. The van der Waals surface area contributed by atoms with Gasteiger partial charge in [0.15, 0.2) is 0 Å². The van der Waals surface area contributed by atoms with E-state index < -0.39 is 18.2 Å². The van der Waals surface area contributed by atoms with Gasteiger partial charge in [-0.15, -0.1) is 0 Å². The zero-order chi connectivity index (χ0) is 43.8. The molecule has 0 rings (SSSR count). The van der Waals surface area contributed by atoms with Gasteiger partial charge < -0.3 is 20.3 Å². The van der Waals surface area contributed by atoms with Gasteiger partial charge >= 0.3 is 5.97 Å². The maximum atomic E-state index is 13.2. The molecule has 3 atom stereocenters. The first kappa shape index (κ1) is 57.0. The first-order valence-electron chi connectivity index (χ1n) is 24.9. The van der Waals surface area contributed by atoms with Crippen LogP contribution in [-0.4, -0.2) is 46.9 Å². The van der Waals surface area contributed by atoms with Gasteiger partial charge in [-0.2, -0.15) is 0 Å². The van der Waals surface area contributed by atoms with Crippen LogP contribution in [-0.2, 0) is 14.3 Å². The Bertz CT molecular complexity index is 1160. The topological polar surface area (TPSA) is 95.9 Å². The van der Waals surface area contributed by atoms with E-state index in [2.05, 4.69) is 92.9 Å². The zero-order valence-corrected chi connectivity index (χ0v) is 39.1. The third kappa shape index (κ3) is 41.8. The van der Waals surface area contributed by atoms with Gasteiger partial charge in [-0.3, -0.25) is 9.59 Å². The van der Waals surface area contributed by atoms with Gasteiger partial charge in [0.05, 0.1) is 25.2 Å². The van der Waals surface area contributed by atoms with Crippen LogP contribution in [0.2, 0.25) is 0 Å². The summed E-state index contributed by atoms with van der Waals surface area (Å²) in [5.74, 6) is -0.529. The van der Waals surface area contributed by atoms with E-state index in [0.29, 0.717) is 19.3 Å². The Morgan fingerprint density at radius 1 is 0.517 bits per heavy atom. The number of carbonyl (C=O) groups is 2. The first-order valence-corrected chi connectivity index (χ1v) is 24.9. The van der Waals surface area contributed by atoms with Gasteiger partial charge in [0.1, 0.15) is 6.10 Å². The molecular formula is C54H93NO5. The van der Waals surface area contributed by atoms with Crippen LogP contribution in [0.25, 0.3) is 0 Å². The number of aliphatic hydroxyl groups excluding tert-OH is 2. The Balaban J connectivity index is 4.70. The molecule has 3 unspecified atom stereocenters. The van der Waals surface area contributed by atoms with Crippen molar-refractivity contribution in [1.82, 2.24) is 5.32 Å². The fraction of sp³-hybridized carbons (Fsp3) is 0.704. The summed E-state index contributed by atoms with van der Waals surface area (Å²) in [5.41, 5.74) is 0. The number of carbonyl (C=O) groups excluding carboxylic acids is 2. The monoisotopic (exact) mass is 836 g/mol. The quantitative estimate of drug-likeness (QED) is 0.0246. The number of amides is 1. The molecule has 0 bridgehead atoms. The molecule has 0 aliphatic rings. The van der Waals surface area contributed by atoms with E-state index in [1.807, 2.05) is 18.2 Å². The minimum Gasteiger partial charge on any atom is -0.462 e. The molecule has 0 aromatic rings. The summed E-state index contributed by atoms with van der Waals surface area (Å²) in [5, 5.41) is 23.7. The van der Waals surface area contributed by atoms with Crippen LogP contribution in [0.5, 0.6) is 0 Å². The number of ether oxygens (including phenoxy) is 1. The molecule has 344 valence electrons. The lowest BCUT2D eigenvalue weighted by Crippen LogP contribution is -2.46. The van der Waals surface area contributed by atoms with E-state index in [9.17, 15) is 19.8 Å². The van der Waals surface area contributed by atoms with Crippen molar-refractivity contribution >= 4 is 11.9 Å². The van der Waals surface area contributed by atoms with Crippen LogP contribution in [0.3, 0.4) is 0 Å². The highest BCUT2D eigenvalue weighted by Gasteiger charge is 2.24. The van der Waals surface area contributed by atoms with Gasteiger partial charge in [0.25, 0.3) is 0 Å². The molecule has 0 aliphatic carbocycles. The molecule has 6 heteroatoms. The molecule has 0 aliphatic heterocycles. The highest BCUT2D eigenvalue weighted by atomic mass is 16.5. The average molecular weight is 836 g/mol. The summed E-state index contributed by atoms with van der Waals surface area (Å²) in [6.45, 7) is 6.28. The number of esters is 1. The lowest BCUT2D eigenvalue weighted by molar-refractivity contribution is -0.151. The summed E-state index contributed by atoms with van der Waals surface area (Å²) < 4.78 is 5.91. The largest absolute Gasteiger partial charge is 0.462 e. The Labute approximate surface area is 370 Å². The predicted molar refractivity (Wildman–Crippen MR) is 259 cm³/mol. The molecule has 0 saturated carbocycles. The number of nitrogens with one attached hydrogen (secondary N) is 1. The van der Waals surface area contributed by atoms with Crippen molar-refractivity contribution in [2.24, 2.45) is 0 Å². The van der Waals surface area contributed by atoms with Gasteiger partial charge in [0.2, 0.25) is 5.91 Å². The average Bonchev–Trinajstić information content (AvgIpc) is 3.24. The molecule has 1 amide bonds. The summed E-state index contributed by atoms with van der Waals surface area (Å²) in [6.07, 6.45) is 60.7. The molecule has 0 spiro atoms. The van der Waals surface area contributed by atoms with Gasteiger partial charge in [-0.1, -0.05) is 209 Å². The Kier molecular flexibility index (Phi) is 44.8. The van der Waals surface area contributed by atoms with E-state index in [0.717, 1.165) is 109 Å². The molecular weight excluding hydrogens is 743 g/mol. The van der Waals surface area contributed by atoms with E-state index in [4.69, 9.17) is 4.74 Å². The fourth-order valence-corrected chi connectivity index (χ4v) is 7.03. The van der Waals surface area contributed by atoms with Crippen molar-refractivity contribution in [3.05, 3.63) is 85.1 Å². The lowest BCUT2D eigenvalue weighted by atomic mass is 10.0. The van der Waals surface area contributed by atoms with E-state index >= 15 is 0 Å². The Hall–Kier alpha value is -2.96. The van der Waals surface area contributed by atoms with Gasteiger partial charge in [-0.05, 0) is 83.5 Å². The van der Waals surface area contributed by atoms with Crippen molar-refractivity contribution in [3.8, 4) is 0 Å². The highest BCUT2D eigenvalue weighted by Crippen LogP contribution is 2.17. The maximum Gasteiger partial charge on any atom is 0.306 e. The Morgan fingerprint density at radius 3 is 1.55 bits per heavy atom. The number of unbranched alkanes of at least 4 members (excludes halogenated alkanes) is 20. The normalized spacial score (nSPS) is 14.0. The molecule has 0 radical (unpaired) electrons. The van der Waals surface area contributed by atoms with Crippen LogP contribution >= 0.6 is 0 Å². The summed E-state index contributed by atoms with van der Waals surface area (Å²) >= 11 is 0. The number of rotatable bonds is 43. The molecule has 0 fully saturated rings. The number of hydrogen-bond donors (Lipinski definition) is 3.